The van der Waals surface area contributed by atoms with E-state index in [2.05, 4.69) is 34.1 Å². The van der Waals surface area contributed by atoms with Crippen molar-refractivity contribution in [1.29, 1.82) is 0 Å². The van der Waals surface area contributed by atoms with E-state index < -0.39 is 0 Å². The number of hydrogen-bond acceptors (Lipinski definition) is 3. The molecule has 5 heteroatoms. The van der Waals surface area contributed by atoms with Gasteiger partial charge in [-0.05, 0) is 18.9 Å². The second kappa shape index (κ2) is 7.23. The number of benzene rings is 1. The first kappa shape index (κ1) is 16.2. The number of hydrogen-bond donors (Lipinski definition) is 0. The van der Waals surface area contributed by atoms with Crippen LogP contribution in [-0.2, 0) is 39.1 Å². The van der Waals surface area contributed by atoms with Gasteiger partial charge in [0.25, 0.3) is 5.78 Å². The number of aryl methyl sites for hydroxylation is 2. The Balaban J connectivity index is 0.00000161. The van der Waals surface area contributed by atoms with Gasteiger partial charge in [-0.1, -0.05) is 36.8 Å². The summed E-state index contributed by atoms with van der Waals surface area (Å²) in [6, 6.07) is 10.3. The molecule has 0 spiro atoms. The Labute approximate surface area is 149 Å². The minimum atomic E-state index is 0. The molecule has 0 aliphatic carbocycles. The van der Waals surface area contributed by atoms with Gasteiger partial charge < -0.3 is 6.92 Å². The van der Waals surface area contributed by atoms with Gasteiger partial charge in [0.2, 0.25) is 0 Å². The molecule has 0 N–H and O–H groups in total. The van der Waals surface area contributed by atoms with Crippen LogP contribution in [0.25, 0.3) is 16.9 Å². The summed E-state index contributed by atoms with van der Waals surface area (Å²) in [5.74, 6) is 0.668. The van der Waals surface area contributed by atoms with E-state index in [0.717, 1.165) is 30.5 Å². The molecule has 0 saturated carbocycles. The van der Waals surface area contributed by atoms with Gasteiger partial charge in [0, 0.05) is 38.3 Å². The van der Waals surface area contributed by atoms with Crippen LogP contribution in [0.4, 0.5) is 0 Å². The molecule has 0 aliphatic heterocycles. The van der Waals surface area contributed by atoms with Gasteiger partial charge in [-0.15, -0.1) is 0 Å². The molecule has 2 heterocycles. The number of fused-ring (bicyclic) bond motifs is 1. The molecule has 0 fully saturated rings. The van der Waals surface area contributed by atoms with Crippen molar-refractivity contribution in [3.63, 3.8) is 0 Å². The Hall–Kier alpha value is -1.13. The minimum absolute atomic E-state index is 0. The summed E-state index contributed by atoms with van der Waals surface area (Å²) in [4.78, 5) is 8.76. The molecule has 0 aliphatic rings. The maximum absolute atomic E-state index is 4.55. The number of nitrogens with zero attached hydrogens (tertiary/aromatic N) is 4. The average Bonchev–Trinajstić information content (AvgIpc) is 2.93. The zero-order valence-corrected chi connectivity index (χ0v) is 15.0. The van der Waals surface area contributed by atoms with Gasteiger partial charge >= 0.3 is 0 Å². The predicted molar refractivity (Wildman–Crippen MR) is 79.3 cm³/mol. The van der Waals surface area contributed by atoms with Crippen LogP contribution in [0.2, 0.25) is 0 Å². The van der Waals surface area contributed by atoms with E-state index >= 15 is 0 Å². The van der Waals surface area contributed by atoms with Crippen LogP contribution < -0.4 is 0 Å². The van der Waals surface area contributed by atoms with Crippen molar-refractivity contribution in [2.75, 3.05) is 0 Å². The average molecular weight is 354 g/mol. The van der Waals surface area contributed by atoms with E-state index in [0.29, 0.717) is 5.78 Å². The Morgan fingerprint density at radius 1 is 1.19 bits per heavy atom. The Kier molecular flexibility index (Phi) is 5.60. The fourth-order valence-electron chi connectivity index (χ4n) is 2.53. The smallest absolute Gasteiger partial charge is 0.252 e. The van der Waals surface area contributed by atoms with Crippen LogP contribution in [-0.4, -0.2) is 19.6 Å². The largest absolute Gasteiger partial charge is 0.343 e. The molecule has 0 saturated heterocycles. The van der Waals surface area contributed by atoms with Gasteiger partial charge in [0.15, 0.2) is 0 Å². The monoisotopic (exact) mass is 354 g/mol. The van der Waals surface area contributed by atoms with Gasteiger partial charge in [-0.3, -0.25) is 0 Å². The second-order valence-electron chi connectivity index (χ2n) is 4.81. The predicted octanol–water partition coefficient (Wildman–Crippen LogP) is 3.25. The molecule has 0 amide bonds. The van der Waals surface area contributed by atoms with E-state index in [1.807, 2.05) is 29.6 Å². The molecule has 0 atom stereocenters. The van der Waals surface area contributed by atoms with E-state index in [9.17, 15) is 0 Å². The maximum Gasteiger partial charge on any atom is 0.252 e. The van der Waals surface area contributed by atoms with Crippen molar-refractivity contribution >= 4 is 5.78 Å². The fraction of sp³-hybridized carbons (Fsp3) is 0.250. The Morgan fingerprint density at radius 2 is 1.95 bits per heavy atom. The first-order chi connectivity index (χ1) is 9.81. The zero-order chi connectivity index (χ0) is 13.9. The molecule has 1 aromatic carbocycles. The van der Waals surface area contributed by atoms with Gasteiger partial charge in [-0.25, -0.2) is 9.50 Å². The first-order valence-electron chi connectivity index (χ1n) is 6.85. The SMILES string of the molecule is [CH2-]CCCc1c(-c2ccccc2)c(C)nc2ncnn12.[Y]. The van der Waals surface area contributed by atoms with E-state index in [1.54, 1.807) is 6.33 Å². The molecule has 2 aromatic heterocycles. The summed E-state index contributed by atoms with van der Waals surface area (Å²) in [5.41, 5.74) is 4.50. The van der Waals surface area contributed by atoms with E-state index in [-0.39, 0.29) is 32.7 Å². The summed E-state index contributed by atoms with van der Waals surface area (Å²) >= 11 is 0. The quantitative estimate of drug-likeness (QED) is 0.676. The standard InChI is InChI=1S/C16H17N4.Y/c1-3-4-10-14-15(13-8-6-5-7-9-13)12(2)19-16-17-11-18-20(14)16;/h5-9,11H,1,3-4,10H2,2H3;/q-1;. The van der Waals surface area contributed by atoms with Gasteiger partial charge in [0.05, 0.1) is 11.4 Å². The number of rotatable bonds is 4. The van der Waals surface area contributed by atoms with Crippen molar-refractivity contribution in [3.8, 4) is 11.1 Å². The molecular weight excluding hydrogens is 337 g/mol. The van der Waals surface area contributed by atoms with Crippen LogP contribution in [0.3, 0.4) is 0 Å². The third kappa shape index (κ3) is 3.22. The summed E-state index contributed by atoms with van der Waals surface area (Å²) in [6.07, 6.45) is 4.42. The number of unbranched alkanes of at least 4 members (excludes halogenated alkanes) is 1. The summed E-state index contributed by atoms with van der Waals surface area (Å²) in [7, 11) is 0. The minimum Gasteiger partial charge on any atom is -0.343 e. The van der Waals surface area contributed by atoms with Gasteiger partial charge in [0.1, 0.15) is 6.33 Å². The Bertz CT molecular complexity index is 722. The zero-order valence-electron chi connectivity index (χ0n) is 12.2. The molecule has 0 unspecified atom stereocenters. The third-order valence-electron chi connectivity index (χ3n) is 3.43. The van der Waals surface area contributed by atoms with Crippen LogP contribution in [0.1, 0.15) is 24.2 Å². The topological polar surface area (TPSA) is 43.1 Å². The van der Waals surface area contributed by atoms with E-state index in [1.165, 1.54) is 11.3 Å². The normalized spacial score (nSPS) is 10.6. The summed E-state index contributed by atoms with van der Waals surface area (Å²) in [6.45, 7) is 5.96. The second-order valence-corrected chi connectivity index (χ2v) is 4.81. The molecule has 105 valence electrons. The van der Waals surface area contributed by atoms with E-state index in [4.69, 9.17) is 0 Å². The summed E-state index contributed by atoms with van der Waals surface area (Å²) < 4.78 is 1.85. The van der Waals surface area contributed by atoms with Crippen LogP contribution in [0, 0.1) is 13.8 Å². The molecule has 0 bridgehead atoms. The third-order valence-corrected chi connectivity index (χ3v) is 3.43. The summed E-state index contributed by atoms with van der Waals surface area (Å²) in [5, 5.41) is 4.32. The maximum atomic E-state index is 4.55. The van der Waals surface area contributed by atoms with Crippen molar-refractivity contribution in [2.24, 2.45) is 0 Å². The molecule has 21 heavy (non-hydrogen) atoms. The molecule has 1 radical (unpaired) electrons. The van der Waals surface area contributed by atoms with Crippen LogP contribution in [0.5, 0.6) is 0 Å². The van der Waals surface area contributed by atoms with Crippen molar-refractivity contribution < 1.29 is 32.7 Å². The molecule has 4 nitrogen and oxygen atoms in total. The van der Waals surface area contributed by atoms with Gasteiger partial charge in [-0.2, -0.15) is 16.5 Å². The van der Waals surface area contributed by atoms with Crippen molar-refractivity contribution in [3.05, 3.63) is 55.0 Å². The van der Waals surface area contributed by atoms with Crippen LogP contribution >= 0.6 is 0 Å². The first-order valence-corrected chi connectivity index (χ1v) is 6.85. The molecular formula is C16H17N4Y-. The molecule has 3 aromatic rings. The molecule has 3 rings (SSSR count). The number of aromatic nitrogens is 4. The fourth-order valence-corrected chi connectivity index (χ4v) is 2.53. The van der Waals surface area contributed by atoms with Crippen molar-refractivity contribution in [2.45, 2.75) is 26.2 Å². The Morgan fingerprint density at radius 3 is 2.67 bits per heavy atom. The van der Waals surface area contributed by atoms with Crippen molar-refractivity contribution in [1.82, 2.24) is 19.6 Å². The van der Waals surface area contributed by atoms with Crippen LogP contribution in [0.15, 0.2) is 36.7 Å².